The molecule has 0 bridgehead atoms. The molecule has 0 aliphatic heterocycles. The monoisotopic (exact) mass is 263 g/mol. The zero-order valence-corrected chi connectivity index (χ0v) is 11.5. The van der Waals surface area contributed by atoms with E-state index < -0.39 is 0 Å². The van der Waals surface area contributed by atoms with Gasteiger partial charge in [-0.2, -0.15) is 5.10 Å². The fraction of sp³-hybridized carbons (Fsp3) is 0.357. The molecule has 0 aliphatic carbocycles. The zero-order chi connectivity index (χ0) is 13.0. The second-order valence-electron chi connectivity index (χ2n) is 4.43. The molecule has 1 atom stereocenters. The molecule has 0 radical (unpaired) electrons. The summed E-state index contributed by atoms with van der Waals surface area (Å²) in [6, 6.07) is 10.3. The SMILES string of the molecule is C[C@H](NCCc1ccnn1C)c1cccc(Cl)c1. The van der Waals surface area contributed by atoms with Crippen LogP contribution < -0.4 is 5.32 Å². The molecule has 0 spiro atoms. The van der Waals surface area contributed by atoms with Crippen molar-refractivity contribution in [1.82, 2.24) is 15.1 Å². The van der Waals surface area contributed by atoms with Crippen molar-refractivity contribution in [3.63, 3.8) is 0 Å². The van der Waals surface area contributed by atoms with Gasteiger partial charge >= 0.3 is 0 Å². The van der Waals surface area contributed by atoms with E-state index in [1.807, 2.05) is 42.2 Å². The van der Waals surface area contributed by atoms with E-state index in [9.17, 15) is 0 Å². The van der Waals surface area contributed by atoms with Gasteiger partial charge in [0.15, 0.2) is 0 Å². The van der Waals surface area contributed by atoms with Crippen LogP contribution in [0.4, 0.5) is 0 Å². The van der Waals surface area contributed by atoms with Gasteiger partial charge in [0.25, 0.3) is 0 Å². The molecular formula is C14H18ClN3. The van der Waals surface area contributed by atoms with Crippen LogP contribution in [-0.2, 0) is 13.5 Å². The minimum Gasteiger partial charge on any atom is -0.310 e. The smallest absolute Gasteiger partial charge is 0.0492 e. The number of rotatable bonds is 5. The first-order valence-corrected chi connectivity index (χ1v) is 6.50. The molecule has 4 heteroatoms. The quantitative estimate of drug-likeness (QED) is 0.899. The lowest BCUT2D eigenvalue weighted by molar-refractivity contribution is 0.564. The average molecular weight is 264 g/mol. The van der Waals surface area contributed by atoms with Gasteiger partial charge in [-0.3, -0.25) is 4.68 Å². The van der Waals surface area contributed by atoms with Crippen molar-refractivity contribution in [2.45, 2.75) is 19.4 Å². The predicted octanol–water partition coefficient (Wildman–Crippen LogP) is 2.97. The van der Waals surface area contributed by atoms with Crippen LogP contribution in [0.15, 0.2) is 36.5 Å². The summed E-state index contributed by atoms with van der Waals surface area (Å²) in [4.78, 5) is 0. The van der Waals surface area contributed by atoms with Crippen molar-refractivity contribution in [1.29, 1.82) is 0 Å². The molecular weight excluding hydrogens is 246 g/mol. The Labute approximate surface area is 113 Å². The molecule has 1 N–H and O–H groups in total. The summed E-state index contributed by atoms with van der Waals surface area (Å²) < 4.78 is 1.91. The van der Waals surface area contributed by atoms with Crippen LogP contribution in [-0.4, -0.2) is 16.3 Å². The van der Waals surface area contributed by atoms with Crippen LogP contribution in [0, 0.1) is 0 Å². The summed E-state index contributed by atoms with van der Waals surface area (Å²) in [5, 5.41) is 8.43. The van der Waals surface area contributed by atoms with Crippen molar-refractivity contribution < 1.29 is 0 Å². The third-order valence-corrected chi connectivity index (χ3v) is 3.34. The molecule has 0 amide bonds. The van der Waals surface area contributed by atoms with Gasteiger partial charge in [-0.25, -0.2) is 0 Å². The highest BCUT2D eigenvalue weighted by Crippen LogP contribution is 2.17. The number of benzene rings is 1. The van der Waals surface area contributed by atoms with E-state index in [1.165, 1.54) is 11.3 Å². The number of aromatic nitrogens is 2. The fourth-order valence-corrected chi connectivity index (χ4v) is 2.16. The first kappa shape index (κ1) is 13.1. The molecule has 18 heavy (non-hydrogen) atoms. The Morgan fingerprint density at radius 1 is 1.39 bits per heavy atom. The summed E-state index contributed by atoms with van der Waals surface area (Å²) in [6.45, 7) is 3.07. The molecule has 0 saturated carbocycles. The minimum absolute atomic E-state index is 0.303. The second kappa shape index (κ2) is 6.03. The third-order valence-electron chi connectivity index (χ3n) is 3.10. The topological polar surface area (TPSA) is 29.9 Å². The van der Waals surface area contributed by atoms with E-state index in [1.54, 1.807) is 0 Å². The molecule has 3 nitrogen and oxygen atoms in total. The van der Waals surface area contributed by atoms with Crippen molar-refractivity contribution in [2.75, 3.05) is 6.54 Å². The van der Waals surface area contributed by atoms with Crippen molar-refractivity contribution in [2.24, 2.45) is 7.05 Å². The molecule has 0 aliphatic rings. The van der Waals surface area contributed by atoms with Crippen molar-refractivity contribution >= 4 is 11.6 Å². The van der Waals surface area contributed by atoms with Crippen molar-refractivity contribution in [3.8, 4) is 0 Å². The molecule has 2 rings (SSSR count). The minimum atomic E-state index is 0.303. The van der Waals surface area contributed by atoms with Crippen LogP contribution in [0.1, 0.15) is 24.2 Å². The maximum Gasteiger partial charge on any atom is 0.0492 e. The Balaban J connectivity index is 1.85. The molecule has 1 aromatic carbocycles. The van der Waals surface area contributed by atoms with Crippen LogP contribution in [0.2, 0.25) is 5.02 Å². The third kappa shape index (κ3) is 3.34. The molecule has 96 valence electrons. The van der Waals surface area contributed by atoms with Crippen LogP contribution in [0.5, 0.6) is 0 Å². The molecule has 0 saturated heterocycles. The number of nitrogens with one attached hydrogen (secondary N) is 1. The normalized spacial score (nSPS) is 12.6. The Hall–Kier alpha value is -1.32. The number of hydrogen-bond acceptors (Lipinski definition) is 2. The predicted molar refractivity (Wildman–Crippen MR) is 74.8 cm³/mol. The number of halogens is 1. The molecule has 1 aromatic heterocycles. The summed E-state index contributed by atoms with van der Waals surface area (Å²) in [5.74, 6) is 0. The highest BCUT2D eigenvalue weighted by Gasteiger charge is 2.05. The van der Waals surface area contributed by atoms with Crippen LogP contribution in [0.25, 0.3) is 0 Å². The highest BCUT2D eigenvalue weighted by atomic mass is 35.5. The molecule has 2 aromatic rings. The highest BCUT2D eigenvalue weighted by molar-refractivity contribution is 6.30. The van der Waals surface area contributed by atoms with E-state index in [0.29, 0.717) is 6.04 Å². The molecule has 0 unspecified atom stereocenters. The van der Waals surface area contributed by atoms with Gasteiger partial charge in [-0.05, 0) is 30.7 Å². The number of nitrogens with zero attached hydrogens (tertiary/aromatic N) is 2. The maximum atomic E-state index is 5.99. The standard InChI is InChI=1S/C14H18ClN3/c1-11(12-4-3-5-13(15)10-12)16-8-6-14-7-9-17-18(14)2/h3-5,7,9-11,16H,6,8H2,1-2H3/t11-/m0/s1. The van der Waals surface area contributed by atoms with Gasteiger partial charge in [-0.15, -0.1) is 0 Å². The van der Waals surface area contributed by atoms with Crippen molar-refractivity contribution in [3.05, 3.63) is 52.8 Å². The lowest BCUT2D eigenvalue weighted by atomic mass is 10.1. The van der Waals surface area contributed by atoms with Gasteiger partial charge in [0.1, 0.15) is 0 Å². The summed E-state index contributed by atoms with van der Waals surface area (Å²) in [6.07, 6.45) is 2.80. The summed E-state index contributed by atoms with van der Waals surface area (Å²) in [7, 11) is 1.97. The van der Waals surface area contributed by atoms with Gasteiger partial charge in [0.05, 0.1) is 0 Å². The van der Waals surface area contributed by atoms with Gasteiger partial charge < -0.3 is 5.32 Å². The average Bonchev–Trinajstić information content (AvgIpc) is 2.75. The van der Waals surface area contributed by atoms with E-state index >= 15 is 0 Å². The molecule has 0 fully saturated rings. The maximum absolute atomic E-state index is 5.99. The first-order chi connectivity index (χ1) is 8.66. The number of aryl methyl sites for hydroxylation is 1. The van der Waals surface area contributed by atoms with E-state index in [-0.39, 0.29) is 0 Å². The molecule has 1 heterocycles. The van der Waals surface area contributed by atoms with E-state index in [4.69, 9.17) is 11.6 Å². The lowest BCUT2D eigenvalue weighted by Crippen LogP contribution is -2.22. The van der Waals surface area contributed by atoms with Gasteiger partial charge in [0.2, 0.25) is 0 Å². The largest absolute Gasteiger partial charge is 0.310 e. The lowest BCUT2D eigenvalue weighted by Gasteiger charge is -2.14. The Morgan fingerprint density at radius 2 is 2.22 bits per heavy atom. The second-order valence-corrected chi connectivity index (χ2v) is 4.86. The Bertz CT molecular complexity index is 507. The first-order valence-electron chi connectivity index (χ1n) is 6.12. The van der Waals surface area contributed by atoms with Crippen LogP contribution in [0.3, 0.4) is 0 Å². The fourth-order valence-electron chi connectivity index (χ4n) is 1.96. The van der Waals surface area contributed by atoms with Crippen LogP contribution >= 0.6 is 11.6 Å². The number of hydrogen-bond donors (Lipinski definition) is 1. The van der Waals surface area contributed by atoms with Gasteiger partial charge in [-0.1, -0.05) is 23.7 Å². The van der Waals surface area contributed by atoms with Gasteiger partial charge in [0, 0.05) is 43.0 Å². The Morgan fingerprint density at radius 3 is 2.89 bits per heavy atom. The summed E-state index contributed by atoms with van der Waals surface area (Å²) >= 11 is 5.99. The zero-order valence-electron chi connectivity index (χ0n) is 10.7. The Kier molecular flexibility index (Phi) is 4.39. The van der Waals surface area contributed by atoms with E-state index in [2.05, 4.69) is 23.4 Å². The summed E-state index contributed by atoms with van der Waals surface area (Å²) in [5.41, 5.74) is 2.45. The van der Waals surface area contributed by atoms with E-state index in [0.717, 1.165) is 18.0 Å².